The second-order valence-corrected chi connectivity index (χ2v) is 8.37. The maximum atomic E-state index is 6.03. The average molecular weight is 483 g/mol. The number of pyridine rings is 1. The van der Waals surface area contributed by atoms with Crippen molar-refractivity contribution in [3.05, 3.63) is 95.9 Å². The van der Waals surface area contributed by atoms with E-state index < -0.39 is 0 Å². The SMILES string of the molecule is Cn1cc(-c2nc(-c3cccc(OCc4ccc(Cl)cc4)c3)n(-c3nc4ccccn4n3)n2)cn1. The Morgan fingerprint density at radius 3 is 2.60 bits per heavy atom. The second-order valence-electron chi connectivity index (χ2n) is 7.93. The third-order valence-electron chi connectivity index (χ3n) is 5.40. The van der Waals surface area contributed by atoms with Crippen LogP contribution in [0.2, 0.25) is 5.02 Å². The lowest BCUT2D eigenvalue weighted by molar-refractivity contribution is 0.306. The summed E-state index contributed by atoms with van der Waals surface area (Å²) in [6.07, 6.45) is 5.44. The molecule has 4 heterocycles. The van der Waals surface area contributed by atoms with Gasteiger partial charge in [-0.1, -0.05) is 41.9 Å². The van der Waals surface area contributed by atoms with Crippen molar-refractivity contribution in [3.63, 3.8) is 0 Å². The maximum absolute atomic E-state index is 6.03. The molecule has 0 saturated carbocycles. The molecule has 0 N–H and O–H groups in total. The minimum absolute atomic E-state index is 0.418. The summed E-state index contributed by atoms with van der Waals surface area (Å²) >= 11 is 5.98. The van der Waals surface area contributed by atoms with E-state index in [1.54, 1.807) is 20.1 Å². The van der Waals surface area contributed by atoms with Gasteiger partial charge >= 0.3 is 0 Å². The minimum atomic E-state index is 0.418. The van der Waals surface area contributed by atoms with E-state index in [2.05, 4.69) is 15.2 Å². The van der Waals surface area contributed by atoms with E-state index >= 15 is 0 Å². The van der Waals surface area contributed by atoms with Crippen LogP contribution in [0.1, 0.15) is 5.56 Å². The van der Waals surface area contributed by atoms with Gasteiger partial charge in [0.1, 0.15) is 12.4 Å². The quantitative estimate of drug-likeness (QED) is 0.344. The van der Waals surface area contributed by atoms with Crippen molar-refractivity contribution in [3.8, 4) is 34.5 Å². The van der Waals surface area contributed by atoms with Crippen LogP contribution in [0.3, 0.4) is 0 Å². The molecule has 4 aromatic heterocycles. The fraction of sp³-hybridized carbons (Fsp3) is 0.0800. The summed E-state index contributed by atoms with van der Waals surface area (Å²) in [4.78, 5) is 9.46. The highest BCUT2D eigenvalue weighted by molar-refractivity contribution is 6.30. The van der Waals surface area contributed by atoms with E-state index in [9.17, 15) is 0 Å². The normalized spacial score (nSPS) is 11.3. The molecular weight excluding hydrogens is 464 g/mol. The largest absolute Gasteiger partial charge is 0.489 e. The van der Waals surface area contributed by atoms with Gasteiger partial charge in [0.2, 0.25) is 0 Å². The molecule has 0 atom stereocenters. The fourth-order valence-electron chi connectivity index (χ4n) is 3.68. The summed E-state index contributed by atoms with van der Waals surface area (Å²) in [5, 5.41) is 14.3. The Hall–Kier alpha value is -4.50. The fourth-order valence-corrected chi connectivity index (χ4v) is 3.81. The zero-order valence-electron chi connectivity index (χ0n) is 18.7. The monoisotopic (exact) mass is 482 g/mol. The number of hydrogen-bond donors (Lipinski definition) is 0. The number of aromatic nitrogens is 8. The first-order valence-corrected chi connectivity index (χ1v) is 11.3. The lowest BCUT2D eigenvalue weighted by Crippen LogP contribution is -2.03. The van der Waals surface area contributed by atoms with Crippen molar-refractivity contribution < 1.29 is 4.74 Å². The minimum Gasteiger partial charge on any atom is -0.489 e. The molecular formula is C25H19ClN8O. The molecule has 35 heavy (non-hydrogen) atoms. The molecule has 0 amide bonds. The van der Waals surface area contributed by atoms with Gasteiger partial charge in [-0.15, -0.1) is 10.2 Å². The van der Waals surface area contributed by atoms with Gasteiger partial charge in [-0.2, -0.15) is 14.8 Å². The third kappa shape index (κ3) is 4.24. The lowest BCUT2D eigenvalue weighted by Gasteiger charge is -2.08. The van der Waals surface area contributed by atoms with Crippen LogP contribution >= 0.6 is 11.6 Å². The topological polar surface area (TPSA) is 88.0 Å². The number of hydrogen-bond acceptors (Lipinski definition) is 6. The first-order valence-electron chi connectivity index (χ1n) is 10.9. The average Bonchev–Trinajstić information content (AvgIpc) is 3.61. The molecule has 10 heteroatoms. The van der Waals surface area contributed by atoms with Gasteiger partial charge in [0.25, 0.3) is 5.95 Å². The van der Waals surface area contributed by atoms with E-state index in [0.717, 1.165) is 16.7 Å². The summed E-state index contributed by atoms with van der Waals surface area (Å²) in [6.45, 7) is 0.419. The Balaban J connectivity index is 1.39. The number of nitrogens with zero attached hydrogens (tertiary/aromatic N) is 8. The second kappa shape index (κ2) is 8.69. The zero-order chi connectivity index (χ0) is 23.8. The lowest BCUT2D eigenvalue weighted by atomic mass is 10.2. The number of benzene rings is 2. The molecule has 172 valence electrons. The molecule has 0 aliphatic carbocycles. The number of rotatable bonds is 6. The molecule has 2 aromatic carbocycles. The zero-order valence-corrected chi connectivity index (χ0v) is 19.4. The molecule has 0 fully saturated rings. The number of fused-ring (bicyclic) bond motifs is 1. The Labute approximate surface area is 205 Å². The molecule has 0 saturated heterocycles. The molecule has 0 radical (unpaired) electrons. The number of halogens is 1. The van der Waals surface area contributed by atoms with Crippen molar-refractivity contribution in [2.75, 3.05) is 0 Å². The van der Waals surface area contributed by atoms with Gasteiger partial charge in [0.05, 0.1) is 11.8 Å². The van der Waals surface area contributed by atoms with Gasteiger partial charge in [0.15, 0.2) is 17.3 Å². The molecule has 0 aliphatic heterocycles. The van der Waals surface area contributed by atoms with Crippen molar-refractivity contribution in [1.82, 2.24) is 39.1 Å². The molecule has 6 aromatic rings. The van der Waals surface area contributed by atoms with Gasteiger partial charge in [-0.25, -0.2) is 9.50 Å². The molecule has 0 unspecified atom stereocenters. The molecule has 6 rings (SSSR count). The van der Waals surface area contributed by atoms with E-state index in [0.29, 0.717) is 40.6 Å². The molecule has 0 bridgehead atoms. The Bertz CT molecular complexity index is 1600. The van der Waals surface area contributed by atoms with Crippen LogP contribution in [0.25, 0.3) is 34.4 Å². The van der Waals surface area contributed by atoms with E-state index in [4.69, 9.17) is 26.4 Å². The number of ether oxygens (including phenoxy) is 1. The van der Waals surface area contributed by atoms with E-state index in [-0.39, 0.29) is 0 Å². The van der Waals surface area contributed by atoms with Crippen LogP contribution in [0.4, 0.5) is 0 Å². The number of aryl methyl sites for hydroxylation is 1. The summed E-state index contributed by atoms with van der Waals surface area (Å²) in [5.74, 6) is 2.25. The highest BCUT2D eigenvalue weighted by Gasteiger charge is 2.19. The van der Waals surface area contributed by atoms with Crippen LogP contribution < -0.4 is 4.74 Å². The van der Waals surface area contributed by atoms with Crippen molar-refractivity contribution in [1.29, 1.82) is 0 Å². The van der Waals surface area contributed by atoms with Gasteiger partial charge in [-0.05, 0) is 42.0 Å². The predicted molar refractivity (Wildman–Crippen MR) is 131 cm³/mol. The summed E-state index contributed by atoms with van der Waals surface area (Å²) in [6, 6.07) is 21.0. The Morgan fingerprint density at radius 1 is 0.914 bits per heavy atom. The van der Waals surface area contributed by atoms with E-state index in [1.807, 2.05) is 86.2 Å². The Morgan fingerprint density at radius 2 is 1.80 bits per heavy atom. The highest BCUT2D eigenvalue weighted by Crippen LogP contribution is 2.27. The maximum Gasteiger partial charge on any atom is 0.272 e. The molecule has 0 spiro atoms. The van der Waals surface area contributed by atoms with E-state index in [1.165, 1.54) is 0 Å². The smallest absolute Gasteiger partial charge is 0.272 e. The van der Waals surface area contributed by atoms with Crippen LogP contribution in [-0.2, 0) is 13.7 Å². The van der Waals surface area contributed by atoms with Gasteiger partial charge in [0, 0.05) is 30.0 Å². The van der Waals surface area contributed by atoms with Crippen molar-refractivity contribution >= 4 is 17.2 Å². The van der Waals surface area contributed by atoms with Crippen molar-refractivity contribution in [2.45, 2.75) is 6.61 Å². The summed E-state index contributed by atoms with van der Waals surface area (Å²) in [5.41, 5.74) is 3.36. The third-order valence-corrected chi connectivity index (χ3v) is 5.65. The molecule has 9 nitrogen and oxygen atoms in total. The summed E-state index contributed by atoms with van der Waals surface area (Å²) in [7, 11) is 1.85. The first-order chi connectivity index (χ1) is 17.1. The summed E-state index contributed by atoms with van der Waals surface area (Å²) < 4.78 is 11.1. The molecule has 0 aliphatic rings. The van der Waals surface area contributed by atoms with Gasteiger partial charge < -0.3 is 4.74 Å². The predicted octanol–water partition coefficient (Wildman–Crippen LogP) is 4.61. The first kappa shape index (κ1) is 21.1. The van der Waals surface area contributed by atoms with Crippen molar-refractivity contribution in [2.24, 2.45) is 7.05 Å². The van der Waals surface area contributed by atoms with Crippen LogP contribution in [0.15, 0.2) is 85.3 Å². The standard InChI is InChI=1S/C25H19ClN8O/c1-32-15-19(14-27-32)23-29-24(34(30-23)25-28-22-7-2-3-12-33(22)31-25)18-5-4-6-21(13-18)35-16-17-8-10-20(26)11-9-17/h2-15H,16H2,1H3. The van der Waals surface area contributed by atoms with Crippen LogP contribution in [-0.4, -0.2) is 39.1 Å². The van der Waals surface area contributed by atoms with Crippen LogP contribution in [0, 0.1) is 0 Å². The van der Waals surface area contributed by atoms with Crippen LogP contribution in [0.5, 0.6) is 5.75 Å². The highest BCUT2D eigenvalue weighted by atomic mass is 35.5. The Kier molecular flexibility index (Phi) is 5.23. The van der Waals surface area contributed by atoms with Gasteiger partial charge in [-0.3, -0.25) is 4.68 Å².